The zero-order valence-electron chi connectivity index (χ0n) is 8.11. The molecule has 0 radical (unpaired) electrons. The lowest BCUT2D eigenvalue weighted by atomic mass is 10.2. The highest BCUT2D eigenvalue weighted by Gasteiger charge is 2.22. The van der Waals surface area contributed by atoms with Gasteiger partial charge in [0.15, 0.2) is 0 Å². The lowest BCUT2D eigenvalue weighted by Gasteiger charge is -2.11. The Balaban J connectivity index is 2.56. The molecule has 1 unspecified atom stereocenters. The maximum Gasteiger partial charge on any atom is 0.244 e. The molecule has 6 heteroatoms. The molecule has 0 spiro atoms. The van der Waals surface area contributed by atoms with Gasteiger partial charge in [0.05, 0.1) is 12.0 Å². The van der Waals surface area contributed by atoms with Crippen molar-refractivity contribution < 1.29 is 8.42 Å². The normalized spacial score (nSPS) is 28.2. The van der Waals surface area contributed by atoms with Gasteiger partial charge in [-0.05, 0) is 14.0 Å². The van der Waals surface area contributed by atoms with E-state index in [1.807, 2.05) is 7.05 Å². The minimum absolute atomic E-state index is 0.445. The standard InChI is InChI=1S/C7H15N3O2S/c1-6-4-7(5-10(6)2)8-9-13(3,11)12/h6,9H,4-5H2,1-3H3/b8-7-. The molecule has 1 atom stereocenters. The van der Waals surface area contributed by atoms with Crippen molar-refractivity contribution in [2.24, 2.45) is 5.10 Å². The minimum Gasteiger partial charge on any atom is -0.298 e. The summed E-state index contributed by atoms with van der Waals surface area (Å²) in [6.45, 7) is 2.83. The van der Waals surface area contributed by atoms with E-state index in [-0.39, 0.29) is 0 Å². The van der Waals surface area contributed by atoms with E-state index in [1.54, 1.807) is 0 Å². The number of likely N-dealkylation sites (tertiary alicyclic amines) is 1. The first-order valence-corrected chi connectivity index (χ1v) is 6.00. The highest BCUT2D eigenvalue weighted by atomic mass is 32.2. The molecular weight excluding hydrogens is 190 g/mol. The summed E-state index contributed by atoms with van der Waals surface area (Å²) in [6.07, 6.45) is 1.93. The fourth-order valence-electron chi connectivity index (χ4n) is 1.23. The van der Waals surface area contributed by atoms with Gasteiger partial charge in [-0.3, -0.25) is 4.90 Å². The second kappa shape index (κ2) is 3.63. The maximum absolute atomic E-state index is 10.7. The van der Waals surface area contributed by atoms with E-state index in [9.17, 15) is 8.42 Å². The van der Waals surface area contributed by atoms with Gasteiger partial charge in [-0.25, -0.2) is 13.2 Å². The van der Waals surface area contributed by atoms with Gasteiger partial charge in [-0.1, -0.05) is 0 Å². The lowest BCUT2D eigenvalue weighted by Crippen LogP contribution is -2.22. The number of sulfonamides is 1. The average molecular weight is 205 g/mol. The van der Waals surface area contributed by atoms with Crippen LogP contribution in [0.2, 0.25) is 0 Å². The van der Waals surface area contributed by atoms with Gasteiger partial charge in [-0.2, -0.15) is 5.10 Å². The summed E-state index contributed by atoms with van der Waals surface area (Å²) in [5.41, 5.74) is 0.889. The fourth-order valence-corrected chi connectivity index (χ4v) is 1.53. The predicted molar refractivity (Wildman–Crippen MR) is 52.1 cm³/mol. The molecule has 1 aliphatic heterocycles. The fraction of sp³-hybridized carbons (Fsp3) is 0.857. The van der Waals surface area contributed by atoms with Crippen molar-refractivity contribution >= 4 is 15.7 Å². The van der Waals surface area contributed by atoms with E-state index in [0.717, 1.165) is 24.9 Å². The van der Waals surface area contributed by atoms with Crippen molar-refractivity contribution in [1.29, 1.82) is 0 Å². The number of hydrogen-bond acceptors (Lipinski definition) is 4. The molecule has 76 valence electrons. The number of nitrogens with zero attached hydrogens (tertiary/aromatic N) is 2. The SMILES string of the molecule is CC1C/C(=N/NS(C)(=O)=O)CN1C. The van der Waals surface area contributed by atoms with E-state index in [2.05, 4.69) is 21.8 Å². The summed E-state index contributed by atoms with van der Waals surface area (Å²) in [4.78, 5) is 4.27. The highest BCUT2D eigenvalue weighted by Crippen LogP contribution is 2.11. The minimum atomic E-state index is -3.20. The van der Waals surface area contributed by atoms with Crippen molar-refractivity contribution in [3.63, 3.8) is 0 Å². The second-order valence-electron chi connectivity index (χ2n) is 3.51. The maximum atomic E-state index is 10.7. The topological polar surface area (TPSA) is 61.8 Å². The molecule has 0 aromatic carbocycles. The van der Waals surface area contributed by atoms with Crippen LogP contribution in [0.25, 0.3) is 0 Å². The van der Waals surface area contributed by atoms with Gasteiger partial charge in [0, 0.05) is 19.0 Å². The molecule has 1 N–H and O–H groups in total. The van der Waals surface area contributed by atoms with Crippen LogP contribution >= 0.6 is 0 Å². The summed E-state index contributed by atoms with van der Waals surface area (Å²) in [7, 11) is -1.21. The number of hydrogen-bond donors (Lipinski definition) is 1. The van der Waals surface area contributed by atoms with E-state index < -0.39 is 10.0 Å². The number of rotatable bonds is 2. The molecule has 5 nitrogen and oxygen atoms in total. The average Bonchev–Trinajstić information content (AvgIpc) is 2.27. The molecule has 1 heterocycles. The van der Waals surface area contributed by atoms with Crippen LogP contribution in [-0.2, 0) is 10.0 Å². The summed E-state index contributed by atoms with van der Waals surface area (Å²) < 4.78 is 21.4. The molecule has 13 heavy (non-hydrogen) atoms. The van der Waals surface area contributed by atoms with Crippen LogP contribution in [-0.4, -0.2) is 44.9 Å². The van der Waals surface area contributed by atoms with Crippen LogP contribution < -0.4 is 4.83 Å². The van der Waals surface area contributed by atoms with Gasteiger partial charge >= 0.3 is 0 Å². The molecular formula is C7H15N3O2S. The van der Waals surface area contributed by atoms with Crippen molar-refractivity contribution in [3.8, 4) is 0 Å². The first-order chi connectivity index (χ1) is 5.88. The van der Waals surface area contributed by atoms with E-state index in [0.29, 0.717) is 6.04 Å². The lowest BCUT2D eigenvalue weighted by molar-refractivity contribution is 0.333. The Morgan fingerprint density at radius 2 is 2.23 bits per heavy atom. The molecule has 0 aliphatic carbocycles. The smallest absolute Gasteiger partial charge is 0.244 e. The third-order valence-corrected chi connectivity index (χ3v) is 2.51. The van der Waals surface area contributed by atoms with E-state index >= 15 is 0 Å². The van der Waals surface area contributed by atoms with Crippen LogP contribution in [0, 0.1) is 0 Å². The molecule has 1 rings (SSSR count). The van der Waals surface area contributed by atoms with Gasteiger partial charge in [-0.15, -0.1) is 0 Å². The Kier molecular flexibility index (Phi) is 2.92. The van der Waals surface area contributed by atoms with Crippen molar-refractivity contribution in [2.75, 3.05) is 19.8 Å². The van der Waals surface area contributed by atoms with Crippen LogP contribution in [0.15, 0.2) is 5.10 Å². The quantitative estimate of drug-likeness (QED) is 0.625. The van der Waals surface area contributed by atoms with E-state index in [1.165, 1.54) is 0 Å². The predicted octanol–water partition coefficient (Wildman–Crippen LogP) is -0.384. The van der Waals surface area contributed by atoms with Gasteiger partial charge < -0.3 is 0 Å². The second-order valence-corrected chi connectivity index (χ2v) is 5.24. The Bertz CT molecular complexity index is 298. The molecule has 0 aromatic heterocycles. The molecule has 0 bridgehead atoms. The number of nitrogens with one attached hydrogen (secondary N) is 1. The van der Waals surface area contributed by atoms with Crippen LogP contribution in [0.1, 0.15) is 13.3 Å². The molecule has 1 fully saturated rings. The molecule has 1 aliphatic rings. The van der Waals surface area contributed by atoms with Gasteiger partial charge in [0.2, 0.25) is 10.0 Å². The van der Waals surface area contributed by atoms with Gasteiger partial charge in [0.1, 0.15) is 0 Å². The summed E-state index contributed by atoms with van der Waals surface area (Å²) in [5, 5.41) is 3.83. The molecule has 0 aromatic rings. The zero-order valence-corrected chi connectivity index (χ0v) is 8.93. The Labute approximate surface area is 78.9 Å². The summed E-state index contributed by atoms with van der Waals surface area (Å²) in [6, 6.07) is 0.445. The number of hydrazone groups is 1. The van der Waals surface area contributed by atoms with Crippen molar-refractivity contribution in [3.05, 3.63) is 0 Å². The highest BCUT2D eigenvalue weighted by molar-refractivity contribution is 7.88. The first kappa shape index (κ1) is 10.5. The van der Waals surface area contributed by atoms with Crippen LogP contribution in [0.4, 0.5) is 0 Å². The van der Waals surface area contributed by atoms with Crippen LogP contribution in [0.5, 0.6) is 0 Å². The van der Waals surface area contributed by atoms with Gasteiger partial charge in [0.25, 0.3) is 0 Å². The van der Waals surface area contributed by atoms with E-state index in [4.69, 9.17) is 0 Å². The molecule has 1 saturated heterocycles. The Morgan fingerprint density at radius 1 is 1.62 bits per heavy atom. The Hall–Kier alpha value is -0.620. The van der Waals surface area contributed by atoms with Crippen molar-refractivity contribution in [2.45, 2.75) is 19.4 Å². The molecule has 0 amide bonds. The zero-order chi connectivity index (χ0) is 10.1. The third kappa shape index (κ3) is 3.31. The monoisotopic (exact) mass is 205 g/mol. The first-order valence-electron chi connectivity index (χ1n) is 4.11. The summed E-state index contributed by atoms with van der Waals surface area (Å²) >= 11 is 0. The van der Waals surface area contributed by atoms with Crippen molar-refractivity contribution in [1.82, 2.24) is 9.73 Å². The van der Waals surface area contributed by atoms with Crippen LogP contribution in [0.3, 0.4) is 0 Å². The third-order valence-electron chi connectivity index (χ3n) is 2.08. The molecule has 0 saturated carbocycles. The Morgan fingerprint density at radius 3 is 2.62 bits per heavy atom. The largest absolute Gasteiger partial charge is 0.298 e. The summed E-state index contributed by atoms with van der Waals surface area (Å²) in [5.74, 6) is 0.